The first kappa shape index (κ1) is 16.9. The molecule has 1 aromatic heterocycles. The first-order valence-corrected chi connectivity index (χ1v) is 7.07. The Hall–Kier alpha value is -1.15. The predicted octanol–water partition coefficient (Wildman–Crippen LogP) is 1.50. The molecule has 0 aliphatic heterocycles. The molecule has 0 radical (unpaired) electrons. The topological polar surface area (TPSA) is 108 Å². The molecule has 2 atom stereocenters. The van der Waals surface area contributed by atoms with E-state index in [1.807, 2.05) is 0 Å². The number of aliphatic hydroxyl groups is 2. The van der Waals surface area contributed by atoms with Crippen LogP contribution in [0.5, 0.6) is 0 Å². The molecule has 110 valence electrons. The molecular formula is C12H14ClNO5S. The zero-order valence-electron chi connectivity index (χ0n) is 10.6. The van der Waals surface area contributed by atoms with Gasteiger partial charge in [-0.15, -0.1) is 0 Å². The Bertz CT molecular complexity index is 511. The van der Waals surface area contributed by atoms with E-state index in [-0.39, 0.29) is 27.8 Å². The molecule has 3 N–H and O–H groups in total. The van der Waals surface area contributed by atoms with Crippen molar-refractivity contribution in [3.05, 3.63) is 28.5 Å². The Morgan fingerprint density at radius 1 is 1.45 bits per heavy atom. The minimum atomic E-state index is -1.36. The van der Waals surface area contributed by atoms with Gasteiger partial charge in [-0.05, 0) is 12.5 Å². The summed E-state index contributed by atoms with van der Waals surface area (Å²) in [7, 11) is 0. The third-order valence-corrected chi connectivity index (χ3v) is 3.68. The summed E-state index contributed by atoms with van der Waals surface area (Å²) < 4.78 is 0. The molecule has 8 heteroatoms. The van der Waals surface area contributed by atoms with E-state index in [1.54, 1.807) is 0 Å². The second kappa shape index (κ2) is 7.58. The van der Waals surface area contributed by atoms with E-state index in [1.165, 1.54) is 13.0 Å². The normalized spacial score (nSPS) is 13.8. The van der Waals surface area contributed by atoms with Gasteiger partial charge in [-0.1, -0.05) is 23.4 Å². The summed E-state index contributed by atoms with van der Waals surface area (Å²) in [5, 5.41) is 28.5. The smallest absolute Gasteiger partial charge is 0.337 e. The minimum Gasteiger partial charge on any atom is -0.478 e. The highest BCUT2D eigenvalue weighted by Crippen LogP contribution is 2.26. The van der Waals surface area contributed by atoms with Gasteiger partial charge in [0.25, 0.3) is 0 Å². The number of carboxylic acids is 1. The lowest BCUT2D eigenvalue weighted by molar-refractivity contribution is -0.109. The second-order valence-corrected chi connectivity index (χ2v) is 5.68. The number of carbonyl (C=O) groups excluding carboxylic acids is 1. The predicted molar refractivity (Wildman–Crippen MR) is 74.9 cm³/mol. The molecule has 1 heterocycles. The summed E-state index contributed by atoms with van der Waals surface area (Å²) in [6.07, 6.45) is -1.29. The zero-order valence-corrected chi connectivity index (χ0v) is 12.2. The van der Waals surface area contributed by atoms with Gasteiger partial charge in [0.15, 0.2) is 5.12 Å². The van der Waals surface area contributed by atoms with Crippen LogP contribution in [0, 0.1) is 0 Å². The lowest BCUT2D eigenvalue weighted by Crippen LogP contribution is -2.20. The molecule has 0 aliphatic carbocycles. The molecule has 0 saturated carbocycles. The first-order chi connectivity index (χ1) is 9.32. The van der Waals surface area contributed by atoms with E-state index in [2.05, 4.69) is 4.98 Å². The van der Waals surface area contributed by atoms with Gasteiger partial charge in [0, 0.05) is 24.4 Å². The molecule has 0 aliphatic rings. The van der Waals surface area contributed by atoms with Crippen molar-refractivity contribution < 1.29 is 24.9 Å². The number of halogens is 1. The summed E-state index contributed by atoms with van der Waals surface area (Å²) in [5.41, 5.74) is -0.0827. The summed E-state index contributed by atoms with van der Waals surface area (Å²) in [5.74, 6) is -0.860. The van der Waals surface area contributed by atoms with Crippen LogP contribution in [0.1, 0.15) is 35.4 Å². The van der Waals surface area contributed by atoms with Gasteiger partial charge in [-0.3, -0.25) is 4.79 Å². The fourth-order valence-electron chi connectivity index (χ4n) is 1.48. The second-order valence-electron chi connectivity index (χ2n) is 4.05. The summed E-state index contributed by atoms with van der Waals surface area (Å²) in [4.78, 5) is 25.3. The number of hydrogen-bond acceptors (Lipinski definition) is 6. The van der Waals surface area contributed by atoms with Crippen molar-refractivity contribution >= 4 is 34.4 Å². The van der Waals surface area contributed by atoms with Crippen molar-refractivity contribution in [2.75, 3.05) is 5.75 Å². The standard InChI is InChI=1S/C12H14ClNO5S/c1-6(15)20-3-2-9(16)10(17)8-4-7(12(18)19)5-14-11(8)13/h4-5,9-10,16-17H,2-3H2,1H3,(H,18,19). The van der Waals surface area contributed by atoms with Crippen molar-refractivity contribution in [1.82, 2.24) is 4.98 Å². The molecule has 0 amide bonds. The maximum absolute atomic E-state index is 10.8. The number of carboxylic acid groups (broad SMARTS) is 1. The Balaban J connectivity index is 2.79. The Morgan fingerprint density at radius 2 is 2.10 bits per heavy atom. The van der Waals surface area contributed by atoms with Crippen LogP contribution in [0.25, 0.3) is 0 Å². The third kappa shape index (κ3) is 4.75. The largest absolute Gasteiger partial charge is 0.478 e. The molecular weight excluding hydrogens is 306 g/mol. The molecule has 1 rings (SSSR count). The van der Waals surface area contributed by atoms with E-state index in [9.17, 15) is 19.8 Å². The van der Waals surface area contributed by atoms with Gasteiger partial charge in [0.05, 0.1) is 11.7 Å². The number of aromatic nitrogens is 1. The molecule has 20 heavy (non-hydrogen) atoms. The molecule has 0 saturated heterocycles. The molecule has 1 aromatic rings. The number of rotatable bonds is 6. The van der Waals surface area contributed by atoms with Crippen LogP contribution in [0.2, 0.25) is 5.15 Å². The van der Waals surface area contributed by atoms with E-state index < -0.39 is 18.2 Å². The SMILES string of the molecule is CC(=O)SCCC(O)C(O)c1cc(C(=O)O)cnc1Cl. The molecule has 0 fully saturated rings. The number of pyridine rings is 1. The maximum atomic E-state index is 10.8. The number of aliphatic hydroxyl groups excluding tert-OH is 2. The monoisotopic (exact) mass is 319 g/mol. The van der Waals surface area contributed by atoms with Crippen LogP contribution in [-0.2, 0) is 4.79 Å². The van der Waals surface area contributed by atoms with Crippen molar-refractivity contribution in [2.45, 2.75) is 25.6 Å². The fraction of sp³-hybridized carbons (Fsp3) is 0.417. The summed E-state index contributed by atoms with van der Waals surface area (Å²) in [6, 6.07) is 1.17. The summed E-state index contributed by atoms with van der Waals surface area (Å²) in [6.45, 7) is 1.41. The van der Waals surface area contributed by atoms with Crippen molar-refractivity contribution in [2.24, 2.45) is 0 Å². The van der Waals surface area contributed by atoms with E-state index in [0.29, 0.717) is 5.75 Å². The fourth-order valence-corrected chi connectivity index (χ4v) is 2.34. The van der Waals surface area contributed by atoms with Gasteiger partial charge in [0.1, 0.15) is 11.3 Å². The molecule has 0 spiro atoms. The number of aromatic carboxylic acids is 1. The Kier molecular flexibility index (Phi) is 6.41. The van der Waals surface area contributed by atoms with Crippen molar-refractivity contribution in [3.63, 3.8) is 0 Å². The number of thioether (sulfide) groups is 1. The van der Waals surface area contributed by atoms with Gasteiger partial charge >= 0.3 is 5.97 Å². The van der Waals surface area contributed by atoms with Crippen LogP contribution in [0.15, 0.2) is 12.3 Å². The zero-order chi connectivity index (χ0) is 15.3. The van der Waals surface area contributed by atoms with Gasteiger partial charge in [-0.2, -0.15) is 0 Å². The van der Waals surface area contributed by atoms with Crippen molar-refractivity contribution in [1.29, 1.82) is 0 Å². The van der Waals surface area contributed by atoms with E-state index >= 15 is 0 Å². The highest BCUT2D eigenvalue weighted by molar-refractivity contribution is 8.13. The van der Waals surface area contributed by atoms with Gasteiger partial charge in [-0.25, -0.2) is 9.78 Å². The van der Waals surface area contributed by atoms with E-state index in [4.69, 9.17) is 16.7 Å². The average Bonchev–Trinajstić information content (AvgIpc) is 2.37. The van der Waals surface area contributed by atoms with Crippen LogP contribution in [-0.4, -0.2) is 43.2 Å². The van der Waals surface area contributed by atoms with E-state index in [0.717, 1.165) is 18.0 Å². The number of hydrogen-bond donors (Lipinski definition) is 3. The number of carbonyl (C=O) groups is 2. The maximum Gasteiger partial charge on any atom is 0.337 e. The van der Waals surface area contributed by atoms with Crippen LogP contribution in [0.4, 0.5) is 0 Å². The molecule has 0 bridgehead atoms. The Morgan fingerprint density at radius 3 is 2.65 bits per heavy atom. The van der Waals surface area contributed by atoms with Crippen LogP contribution in [0.3, 0.4) is 0 Å². The van der Waals surface area contributed by atoms with Gasteiger partial charge < -0.3 is 15.3 Å². The van der Waals surface area contributed by atoms with Crippen LogP contribution < -0.4 is 0 Å². The molecule has 0 aromatic carbocycles. The lowest BCUT2D eigenvalue weighted by atomic mass is 10.0. The van der Waals surface area contributed by atoms with Crippen LogP contribution >= 0.6 is 23.4 Å². The highest BCUT2D eigenvalue weighted by Gasteiger charge is 2.23. The molecule has 6 nitrogen and oxygen atoms in total. The quantitative estimate of drug-likeness (QED) is 0.682. The average molecular weight is 320 g/mol. The Labute approximate surface area is 124 Å². The van der Waals surface area contributed by atoms with Gasteiger partial charge in [0.2, 0.25) is 0 Å². The van der Waals surface area contributed by atoms with Crippen molar-refractivity contribution in [3.8, 4) is 0 Å². The lowest BCUT2D eigenvalue weighted by Gasteiger charge is -2.18. The summed E-state index contributed by atoms with van der Waals surface area (Å²) >= 11 is 6.82. The first-order valence-electron chi connectivity index (χ1n) is 5.71. The third-order valence-electron chi connectivity index (χ3n) is 2.52. The highest BCUT2D eigenvalue weighted by atomic mass is 35.5. The number of nitrogens with zero attached hydrogens (tertiary/aromatic N) is 1. The minimum absolute atomic E-state index is 0.0480. The molecule has 2 unspecified atom stereocenters.